The summed E-state index contributed by atoms with van der Waals surface area (Å²) in [6.07, 6.45) is 0.472. The van der Waals surface area contributed by atoms with Crippen molar-refractivity contribution in [2.24, 2.45) is 5.73 Å². The molecule has 0 aromatic heterocycles. The summed E-state index contributed by atoms with van der Waals surface area (Å²) in [7, 11) is 0. The number of rotatable bonds is 4. The molecule has 12 heavy (non-hydrogen) atoms. The van der Waals surface area contributed by atoms with Gasteiger partial charge in [0.05, 0.1) is 6.07 Å². The predicted molar refractivity (Wildman–Crippen MR) is 41.6 cm³/mol. The van der Waals surface area contributed by atoms with Gasteiger partial charge in [-0.15, -0.1) is 0 Å². The summed E-state index contributed by atoms with van der Waals surface area (Å²) in [5.41, 5.74) is 4.96. The summed E-state index contributed by atoms with van der Waals surface area (Å²) in [5, 5.41) is 10.6. The van der Waals surface area contributed by atoms with Crippen LogP contribution in [0.2, 0.25) is 0 Å². The standard InChI is InChI=1S/C7H11N3O2/c1-5(11)10-6(7(9)12)3-2-4-8/h6H,2-3H2,1H3,(H2,9,12)(H,10,11)/t6-/m0/s1. The molecule has 2 amide bonds. The van der Waals surface area contributed by atoms with Gasteiger partial charge in [0.1, 0.15) is 6.04 Å². The van der Waals surface area contributed by atoms with Crippen LogP contribution in [0.4, 0.5) is 0 Å². The van der Waals surface area contributed by atoms with Crippen molar-refractivity contribution in [2.75, 3.05) is 0 Å². The molecule has 0 spiro atoms. The van der Waals surface area contributed by atoms with Gasteiger partial charge in [0.2, 0.25) is 11.8 Å². The normalized spacial score (nSPS) is 11.3. The van der Waals surface area contributed by atoms with Gasteiger partial charge in [-0.25, -0.2) is 0 Å². The van der Waals surface area contributed by atoms with Gasteiger partial charge >= 0.3 is 0 Å². The maximum absolute atomic E-state index is 10.6. The summed E-state index contributed by atoms with van der Waals surface area (Å²) in [4.78, 5) is 21.2. The summed E-state index contributed by atoms with van der Waals surface area (Å²) >= 11 is 0. The molecule has 3 N–H and O–H groups in total. The summed E-state index contributed by atoms with van der Waals surface area (Å²) in [6, 6.07) is 1.15. The Morgan fingerprint density at radius 3 is 2.58 bits per heavy atom. The number of nitriles is 1. The van der Waals surface area contributed by atoms with Gasteiger partial charge in [-0.05, 0) is 6.42 Å². The van der Waals surface area contributed by atoms with Crippen LogP contribution in [-0.2, 0) is 9.59 Å². The third kappa shape index (κ3) is 4.28. The zero-order valence-corrected chi connectivity index (χ0v) is 6.83. The van der Waals surface area contributed by atoms with Crippen LogP contribution in [-0.4, -0.2) is 17.9 Å². The van der Waals surface area contributed by atoms with E-state index in [0.717, 1.165) is 0 Å². The van der Waals surface area contributed by atoms with Crippen LogP contribution in [0.5, 0.6) is 0 Å². The number of nitrogens with zero attached hydrogens (tertiary/aromatic N) is 1. The van der Waals surface area contributed by atoms with E-state index < -0.39 is 11.9 Å². The van der Waals surface area contributed by atoms with Crippen LogP contribution in [0.15, 0.2) is 0 Å². The van der Waals surface area contributed by atoms with Gasteiger partial charge < -0.3 is 11.1 Å². The number of carbonyl (C=O) groups is 2. The highest BCUT2D eigenvalue weighted by molar-refractivity contribution is 5.85. The molecule has 66 valence electrons. The van der Waals surface area contributed by atoms with Crippen LogP contribution >= 0.6 is 0 Å². The minimum atomic E-state index is -0.720. The lowest BCUT2D eigenvalue weighted by Crippen LogP contribution is -2.43. The van der Waals surface area contributed by atoms with Gasteiger partial charge in [0.25, 0.3) is 0 Å². The molecule has 0 unspecified atom stereocenters. The number of carbonyl (C=O) groups excluding carboxylic acids is 2. The summed E-state index contributed by atoms with van der Waals surface area (Å²) < 4.78 is 0. The van der Waals surface area contributed by atoms with Crippen LogP contribution in [0.3, 0.4) is 0 Å². The van der Waals surface area contributed by atoms with Crippen molar-refractivity contribution in [1.82, 2.24) is 5.32 Å². The zero-order valence-electron chi connectivity index (χ0n) is 6.83. The SMILES string of the molecule is CC(=O)N[C@@H](CCC#N)C(N)=O. The average Bonchev–Trinajstić information content (AvgIpc) is 1.96. The van der Waals surface area contributed by atoms with Crippen molar-refractivity contribution < 1.29 is 9.59 Å². The second-order valence-electron chi connectivity index (χ2n) is 2.35. The minimum Gasteiger partial charge on any atom is -0.368 e. The Bertz CT molecular complexity index is 219. The van der Waals surface area contributed by atoms with Crippen LogP contribution in [0.25, 0.3) is 0 Å². The Morgan fingerprint density at radius 2 is 2.25 bits per heavy atom. The van der Waals surface area contributed by atoms with E-state index in [1.165, 1.54) is 6.92 Å². The van der Waals surface area contributed by atoms with Gasteiger partial charge in [-0.3, -0.25) is 9.59 Å². The largest absolute Gasteiger partial charge is 0.368 e. The molecule has 0 heterocycles. The quantitative estimate of drug-likeness (QED) is 0.581. The Morgan fingerprint density at radius 1 is 1.67 bits per heavy atom. The number of hydrogen-bond acceptors (Lipinski definition) is 3. The van der Waals surface area contributed by atoms with Crippen molar-refractivity contribution in [2.45, 2.75) is 25.8 Å². The van der Waals surface area contributed by atoms with Crippen LogP contribution in [0, 0.1) is 11.3 Å². The first-order valence-corrected chi connectivity index (χ1v) is 3.51. The van der Waals surface area contributed by atoms with E-state index in [0.29, 0.717) is 0 Å². The second-order valence-corrected chi connectivity index (χ2v) is 2.35. The third-order valence-electron chi connectivity index (χ3n) is 1.27. The molecule has 0 aliphatic rings. The zero-order chi connectivity index (χ0) is 9.56. The molecule has 0 saturated carbocycles. The predicted octanol–water partition coefficient (Wildman–Crippen LogP) is -0.720. The maximum atomic E-state index is 10.6. The Balaban J connectivity index is 3.97. The number of nitrogens with two attached hydrogens (primary N) is 1. The molecular formula is C7H11N3O2. The topological polar surface area (TPSA) is 96.0 Å². The van der Waals surface area contributed by atoms with E-state index in [4.69, 9.17) is 11.0 Å². The molecule has 0 saturated heterocycles. The van der Waals surface area contributed by atoms with Gasteiger partial charge in [-0.2, -0.15) is 5.26 Å². The molecule has 0 rings (SSSR count). The van der Waals surface area contributed by atoms with Gasteiger partial charge in [-0.1, -0.05) is 0 Å². The van der Waals surface area contributed by atoms with E-state index in [2.05, 4.69) is 5.32 Å². The number of primary amides is 1. The Labute approximate surface area is 70.5 Å². The molecule has 0 radical (unpaired) electrons. The maximum Gasteiger partial charge on any atom is 0.240 e. The molecule has 5 nitrogen and oxygen atoms in total. The molecule has 1 atom stereocenters. The van der Waals surface area contributed by atoms with Crippen molar-refractivity contribution in [3.05, 3.63) is 0 Å². The molecule has 0 fully saturated rings. The Hall–Kier alpha value is -1.57. The number of nitrogens with one attached hydrogen (secondary N) is 1. The lowest BCUT2D eigenvalue weighted by Gasteiger charge is -2.11. The molecule has 0 aromatic carbocycles. The van der Waals surface area contributed by atoms with E-state index >= 15 is 0 Å². The molecule has 0 aromatic rings. The smallest absolute Gasteiger partial charge is 0.240 e. The Kier molecular flexibility index (Phi) is 4.46. The minimum absolute atomic E-state index is 0.202. The molecular weight excluding hydrogens is 158 g/mol. The van der Waals surface area contributed by atoms with Crippen molar-refractivity contribution in [3.8, 4) is 6.07 Å². The fourth-order valence-electron chi connectivity index (χ4n) is 0.740. The highest BCUT2D eigenvalue weighted by Gasteiger charge is 2.14. The molecule has 0 aliphatic carbocycles. The van der Waals surface area contributed by atoms with Gasteiger partial charge in [0.15, 0.2) is 0 Å². The molecule has 0 aliphatic heterocycles. The monoisotopic (exact) mass is 169 g/mol. The average molecular weight is 169 g/mol. The number of hydrogen-bond donors (Lipinski definition) is 2. The van der Waals surface area contributed by atoms with E-state index in [-0.39, 0.29) is 18.7 Å². The number of amides is 2. The fraction of sp³-hybridized carbons (Fsp3) is 0.571. The van der Waals surface area contributed by atoms with Crippen LogP contribution < -0.4 is 11.1 Å². The lowest BCUT2D eigenvalue weighted by molar-refractivity contribution is -0.126. The summed E-state index contributed by atoms with van der Waals surface area (Å²) in [6.45, 7) is 1.29. The van der Waals surface area contributed by atoms with Crippen molar-refractivity contribution in [3.63, 3.8) is 0 Å². The first kappa shape index (κ1) is 10.4. The van der Waals surface area contributed by atoms with Crippen molar-refractivity contribution in [1.29, 1.82) is 5.26 Å². The van der Waals surface area contributed by atoms with Gasteiger partial charge in [0, 0.05) is 13.3 Å². The summed E-state index contributed by atoms with van der Waals surface area (Å²) in [5.74, 6) is -0.933. The lowest BCUT2D eigenvalue weighted by atomic mass is 10.1. The highest BCUT2D eigenvalue weighted by Crippen LogP contribution is 1.94. The second kappa shape index (κ2) is 5.13. The van der Waals surface area contributed by atoms with Crippen molar-refractivity contribution >= 4 is 11.8 Å². The third-order valence-corrected chi connectivity index (χ3v) is 1.27. The van der Waals surface area contributed by atoms with Crippen LogP contribution in [0.1, 0.15) is 19.8 Å². The first-order valence-electron chi connectivity index (χ1n) is 3.51. The van der Waals surface area contributed by atoms with E-state index in [1.807, 2.05) is 6.07 Å². The fourth-order valence-corrected chi connectivity index (χ4v) is 0.740. The highest BCUT2D eigenvalue weighted by atomic mass is 16.2. The molecule has 0 bridgehead atoms. The first-order chi connectivity index (χ1) is 5.57. The molecule has 5 heteroatoms. The van der Waals surface area contributed by atoms with E-state index in [1.54, 1.807) is 0 Å². The van der Waals surface area contributed by atoms with E-state index in [9.17, 15) is 9.59 Å².